The molecule has 0 atom stereocenters. The molecule has 5 heterocycles. The Kier molecular flexibility index (Phi) is 4.69. The summed E-state index contributed by atoms with van der Waals surface area (Å²) in [5.74, 6) is -0.00341. The SMILES string of the molecule is FC(F)(F)c1nnc2n1CCN(c1ccc(CNc3cnc4[nH]cc(Cl)c4c3)cn1)C2. The number of nitrogens with zero attached hydrogens (tertiary/aromatic N) is 6. The second-order valence-corrected chi connectivity index (χ2v) is 7.55. The second kappa shape index (κ2) is 7.41. The largest absolute Gasteiger partial charge is 0.451 e. The number of aromatic nitrogens is 6. The number of hydrogen-bond donors (Lipinski definition) is 2. The van der Waals surface area contributed by atoms with Crippen LogP contribution in [-0.2, 0) is 25.8 Å². The number of alkyl halides is 3. The fourth-order valence-electron chi connectivity index (χ4n) is 3.54. The van der Waals surface area contributed by atoms with E-state index in [4.69, 9.17) is 11.6 Å². The number of rotatable bonds is 4. The van der Waals surface area contributed by atoms with Crippen LogP contribution in [0, 0.1) is 0 Å². The third-order valence-electron chi connectivity index (χ3n) is 5.12. The maximum Gasteiger partial charge on any atom is 0.451 e. The Hall–Kier alpha value is -3.34. The lowest BCUT2D eigenvalue weighted by atomic mass is 10.2. The van der Waals surface area contributed by atoms with Crippen molar-refractivity contribution < 1.29 is 13.2 Å². The molecule has 5 rings (SSSR count). The van der Waals surface area contributed by atoms with E-state index >= 15 is 0 Å². The molecular weight excluding hydrogens is 433 g/mol. The zero-order valence-corrected chi connectivity index (χ0v) is 16.7. The van der Waals surface area contributed by atoms with Gasteiger partial charge in [0.05, 0.1) is 23.5 Å². The van der Waals surface area contributed by atoms with Crippen molar-refractivity contribution in [2.45, 2.75) is 25.8 Å². The summed E-state index contributed by atoms with van der Waals surface area (Å²) in [5.41, 5.74) is 2.50. The molecule has 0 fully saturated rings. The highest BCUT2D eigenvalue weighted by molar-refractivity contribution is 6.35. The lowest BCUT2D eigenvalue weighted by Gasteiger charge is -2.29. The van der Waals surface area contributed by atoms with Crippen molar-refractivity contribution in [1.29, 1.82) is 0 Å². The first kappa shape index (κ1) is 19.6. The van der Waals surface area contributed by atoms with E-state index < -0.39 is 12.0 Å². The molecule has 4 aromatic heterocycles. The third kappa shape index (κ3) is 3.76. The number of fused-ring (bicyclic) bond motifs is 2. The van der Waals surface area contributed by atoms with Gasteiger partial charge in [-0.15, -0.1) is 10.2 Å². The summed E-state index contributed by atoms with van der Waals surface area (Å²) in [4.78, 5) is 13.7. The Bertz CT molecular complexity index is 1230. The Balaban J connectivity index is 1.25. The maximum absolute atomic E-state index is 13.0. The number of hydrogen-bond acceptors (Lipinski definition) is 6. The van der Waals surface area contributed by atoms with Gasteiger partial charge >= 0.3 is 6.18 Å². The molecule has 0 aromatic carbocycles. The summed E-state index contributed by atoms with van der Waals surface area (Å²) in [6.45, 7) is 1.30. The highest BCUT2D eigenvalue weighted by atomic mass is 35.5. The van der Waals surface area contributed by atoms with Gasteiger partial charge in [0.25, 0.3) is 0 Å². The van der Waals surface area contributed by atoms with Crippen LogP contribution in [-0.4, -0.2) is 36.3 Å². The number of anilines is 2. The quantitative estimate of drug-likeness (QED) is 0.493. The second-order valence-electron chi connectivity index (χ2n) is 7.15. The number of aromatic amines is 1. The Morgan fingerprint density at radius 1 is 1.13 bits per heavy atom. The van der Waals surface area contributed by atoms with Crippen LogP contribution >= 0.6 is 11.6 Å². The van der Waals surface area contributed by atoms with Crippen LogP contribution in [0.15, 0.2) is 36.8 Å². The number of H-pyrrole nitrogens is 1. The molecular formula is C19H16ClF3N8. The average Bonchev–Trinajstić information content (AvgIpc) is 3.36. The molecule has 0 amide bonds. The van der Waals surface area contributed by atoms with Crippen molar-refractivity contribution >= 4 is 34.1 Å². The number of nitrogens with one attached hydrogen (secondary N) is 2. The van der Waals surface area contributed by atoms with Gasteiger partial charge in [-0.05, 0) is 17.7 Å². The molecule has 1 aliphatic heterocycles. The molecule has 0 radical (unpaired) electrons. The number of halogens is 4. The van der Waals surface area contributed by atoms with Crippen LogP contribution < -0.4 is 10.2 Å². The fraction of sp³-hybridized carbons (Fsp3) is 0.263. The molecule has 2 N–H and O–H groups in total. The molecule has 0 aliphatic carbocycles. The minimum atomic E-state index is -4.51. The van der Waals surface area contributed by atoms with E-state index in [-0.39, 0.29) is 18.9 Å². The predicted octanol–water partition coefficient (Wildman–Crippen LogP) is 3.85. The predicted molar refractivity (Wildman–Crippen MR) is 109 cm³/mol. The summed E-state index contributed by atoms with van der Waals surface area (Å²) >= 11 is 6.13. The van der Waals surface area contributed by atoms with Crippen molar-refractivity contribution in [1.82, 2.24) is 29.7 Å². The summed E-state index contributed by atoms with van der Waals surface area (Å²) < 4.78 is 40.1. The van der Waals surface area contributed by atoms with Crippen LogP contribution in [0.2, 0.25) is 5.02 Å². The van der Waals surface area contributed by atoms with Gasteiger partial charge in [0.2, 0.25) is 5.82 Å². The summed E-state index contributed by atoms with van der Waals surface area (Å²) in [6.07, 6.45) is 0.638. The Labute approximate surface area is 179 Å². The molecule has 12 heteroatoms. The normalized spacial score (nSPS) is 14.1. The van der Waals surface area contributed by atoms with E-state index in [2.05, 4.69) is 30.5 Å². The Morgan fingerprint density at radius 3 is 2.77 bits per heavy atom. The van der Waals surface area contributed by atoms with E-state index in [0.717, 1.165) is 26.9 Å². The van der Waals surface area contributed by atoms with E-state index in [1.807, 2.05) is 23.1 Å². The zero-order chi connectivity index (χ0) is 21.6. The minimum absolute atomic E-state index is 0.152. The van der Waals surface area contributed by atoms with Crippen LogP contribution in [0.1, 0.15) is 17.2 Å². The molecule has 8 nitrogen and oxygen atoms in total. The van der Waals surface area contributed by atoms with Crippen LogP contribution in [0.4, 0.5) is 24.7 Å². The Morgan fingerprint density at radius 2 is 2.00 bits per heavy atom. The van der Waals surface area contributed by atoms with Gasteiger partial charge < -0.3 is 19.8 Å². The number of pyridine rings is 2. The summed E-state index contributed by atoms with van der Waals surface area (Å²) in [6, 6.07) is 5.69. The van der Waals surface area contributed by atoms with E-state index in [1.165, 1.54) is 0 Å². The van der Waals surface area contributed by atoms with E-state index in [1.54, 1.807) is 18.6 Å². The fourth-order valence-corrected chi connectivity index (χ4v) is 3.74. The third-order valence-corrected chi connectivity index (χ3v) is 5.43. The zero-order valence-electron chi connectivity index (χ0n) is 16.0. The standard InChI is InChI=1S/C19H16ClF3N8/c20-14-9-27-17-13(14)5-12(8-26-17)24-6-11-1-2-15(25-7-11)30-3-4-31-16(10-30)28-29-18(31)19(21,22)23/h1-2,5,7-9,24H,3-4,6,10H2,(H,26,27). The first-order valence-corrected chi connectivity index (χ1v) is 9.82. The van der Waals surface area contributed by atoms with Crippen LogP contribution in [0.3, 0.4) is 0 Å². The van der Waals surface area contributed by atoms with E-state index in [0.29, 0.717) is 23.9 Å². The molecule has 160 valence electrons. The van der Waals surface area contributed by atoms with Gasteiger partial charge in [0.1, 0.15) is 11.5 Å². The molecule has 0 bridgehead atoms. The van der Waals surface area contributed by atoms with Gasteiger partial charge in [0.15, 0.2) is 5.82 Å². The van der Waals surface area contributed by atoms with Crippen molar-refractivity contribution in [3.63, 3.8) is 0 Å². The molecule has 0 saturated carbocycles. The summed E-state index contributed by atoms with van der Waals surface area (Å²) in [5, 5.41) is 11.7. The molecule has 31 heavy (non-hydrogen) atoms. The van der Waals surface area contributed by atoms with Crippen molar-refractivity contribution in [2.24, 2.45) is 0 Å². The molecule has 1 aliphatic rings. The first-order chi connectivity index (χ1) is 14.9. The molecule has 0 spiro atoms. The maximum atomic E-state index is 13.0. The average molecular weight is 449 g/mol. The van der Waals surface area contributed by atoms with Gasteiger partial charge in [-0.25, -0.2) is 9.97 Å². The minimum Gasteiger partial charge on any atom is -0.380 e. The van der Waals surface area contributed by atoms with Crippen molar-refractivity contribution in [3.05, 3.63) is 59.0 Å². The lowest BCUT2D eigenvalue weighted by molar-refractivity contribution is -0.147. The van der Waals surface area contributed by atoms with Gasteiger partial charge in [-0.3, -0.25) is 0 Å². The molecule has 0 saturated heterocycles. The van der Waals surface area contributed by atoms with Gasteiger partial charge in [-0.2, -0.15) is 13.2 Å². The van der Waals surface area contributed by atoms with E-state index in [9.17, 15) is 13.2 Å². The molecule has 0 unspecified atom stereocenters. The van der Waals surface area contributed by atoms with Gasteiger partial charge in [0, 0.05) is 37.4 Å². The van der Waals surface area contributed by atoms with Crippen LogP contribution in [0.25, 0.3) is 11.0 Å². The van der Waals surface area contributed by atoms with Crippen molar-refractivity contribution in [3.8, 4) is 0 Å². The lowest BCUT2D eigenvalue weighted by Crippen LogP contribution is -2.35. The summed E-state index contributed by atoms with van der Waals surface area (Å²) in [7, 11) is 0. The first-order valence-electron chi connectivity index (χ1n) is 9.44. The topological polar surface area (TPSA) is 87.5 Å². The van der Waals surface area contributed by atoms with Gasteiger partial charge in [-0.1, -0.05) is 17.7 Å². The molecule has 4 aromatic rings. The smallest absolute Gasteiger partial charge is 0.380 e. The highest BCUT2D eigenvalue weighted by Gasteiger charge is 2.39. The van der Waals surface area contributed by atoms with Crippen LogP contribution in [0.5, 0.6) is 0 Å². The van der Waals surface area contributed by atoms with Crippen molar-refractivity contribution in [2.75, 3.05) is 16.8 Å². The monoisotopic (exact) mass is 448 g/mol. The highest BCUT2D eigenvalue weighted by Crippen LogP contribution is 2.30.